The average Bonchev–Trinajstić information content (AvgIpc) is 2.27. The Hall–Kier alpha value is -0.250. The van der Waals surface area contributed by atoms with Gasteiger partial charge in [0.25, 0.3) is 0 Å². The van der Waals surface area contributed by atoms with Crippen LogP contribution in [-0.4, -0.2) is 12.3 Å². The molecule has 1 nitrogen and oxygen atoms in total. The van der Waals surface area contributed by atoms with Gasteiger partial charge in [-0.1, -0.05) is 35.9 Å². The number of thioether (sulfide) groups is 1. The number of benzene rings is 1. The van der Waals surface area contributed by atoms with E-state index in [1.165, 1.54) is 10.5 Å². The van der Waals surface area contributed by atoms with E-state index in [-0.39, 0.29) is 0 Å². The molecule has 0 saturated heterocycles. The van der Waals surface area contributed by atoms with Crippen LogP contribution in [0.4, 0.5) is 0 Å². The third-order valence-electron chi connectivity index (χ3n) is 2.25. The van der Waals surface area contributed by atoms with Gasteiger partial charge in [-0.25, -0.2) is 0 Å². The molecule has 0 unspecified atom stereocenters. The second-order valence-corrected chi connectivity index (χ2v) is 6.35. The Labute approximate surface area is 117 Å². The van der Waals surface area contributed by atoms with E-state index in [0.717, 1.165) is 23.3 Å². The SMILES string of the molecule is C=CCSc1ccc(Br)cc1CNCC(C)C. The van der Waals surface area contributed by atoms with Gasteiger partial charge in [0.2, 0.25) is 0 Å². The zero-order chi connectivity index (χ0) is 12.7. The molecule has 1 rings (SSSR count). The van der Waals surface area contributed by atoms with Gasteiger partial charge in [-0.2, -0.15) is 0 Å². The third kappa shape index (κ3) is 5.75. The van der Waals surface area contributed by atoms with Crippen LogP contribution in [0.5, 0.6) is 0 Å². The molecular formula is C14H20BrNS. The molecule has 94 valence electrons. The van der Waals surface area contributed by atoms with Gasteiger partial charge in [0.15, 0.2) is 0 Å². The van der Waals surface area contributed by atoms with Gasteiger partial charge in [-0.3, -0.25) is 0 Å². The predicted molar refractivity (Wildman–Crippen MR) is 81.6 cm³/mol. The zero-order valence-electron chi connectivity index (χ0n) is 10.5. The number of hydrogen-bond acceptors (Lipinski definition) is 2. The van der Waals surface area contributed by atoms with E-state index in [9.17, 15) is 0 Å². The lowest BCUT2D eigenvalue weighted by molar-refractivity contribution is 0.550. The molecule has 0 amide bonds. The fraction of sp³-hybridized carbons (Fsp3) is 0.429. The first-order valence-electron chi connectivity index (χ1n) is 5.86. The first kappa shape index (κ1) is 14.8. The van der Waals surface area contributed by atoms with Crippen molar-refractivity contribution in [1.29, 1.82) is 0 Å². The summed E-state index contributed by atoms with van der Waals surface area (Å²) >= 11 is 5.36. The maximum atomic E-state index is 3.76. The van der Waals surface area contributed by atoms with Crippen molar-refractivity contribution >= 4 is 27.7 Å². The summed E-state index contributed by atoms with van der Waals surface area (Å²) in [6.45, 7) is 10.2. The van der Waals surface area contributed by atoms with Gasteiger partial charge in [-0.15, -0.1) is 18.3 Å². The molecule has 1 aromatic rings. The quantitative estimate of drug-likeness (QED) is 0.588. The summed E-state index contributed by atoms with van der Waals surface area (Å²) in [6, 6.07) is 6.46. The Kier molecular flexibility index (Phi) is 6.93. The molecule has 0 bridgehead atoms. The summed E-state index contributed by atoms with van der Waals surface area (Å²) in [5, 5.41) is 3.49. The molecule has 0 aliphatic rings. The summed E-state index contributed by atoms with van der Waals surface area (Å²) in [4.78, 5) is 1.34. The minimum atomic E-state index is 0.687. The fourth-order valence-corrected chi connectivity index (χ4v) is 2.66. The number of nitrogens with one attached hydrogen (secondary N) is 1. The molecule has 0 aliphatic carbocycles. The van der Waals surface area contributed by atoms with Crippen LogP contribution in [0.3, 0.4) is 0 Å². The molecule has 0 aliphatic heterocycles. The normalized spacial score (nSPS) is 10.8. The van der Waals surface area contributed by atoms with Crippen LogP contribution >= 0.6 is 27.7 Å². The maximum Gasteiger partial charge on any atom is 0.0217 e. The fourth-order valence-electron chi connectivity index (χ4n) is 1.47. The molecule has 0 saturated carbocycles. The average molecular weight is 314 g/mol. The van der Waals surface area contributed by atoms with E-state index in [1.54, 1.807) is 0 Å². The van der Waals surface area contributed by atoms with E-state index >= 15 is 0 Å². The van der Waals surface area contributed by atoms with Gasteiger partial charge < -0.3 is 5.32 Å². The van der Waals surface area contributed by atoms with Crippen LogP contribution in [0.15, 0.2) is 40.2 Å². The van der Waals surface area contributed by atoms with Gasteiger partial charge in [0, 0.05) is 21.7 Å². The minimum Gasteiger partial charge on any atom is -0.312 e. The Morgan fingerprint density at radius 1 is 1.47 bits per heavy atom. The maximum absolute atomic E-state index is 3.76. The highest BCUT2D eigenvalue weighted by molar-refractivity contribution is 9.10. The molecule has 0 fully saturated rings. The molecule has 0 aromatic heterocycles. The summed E-state index contributed by atoms with van der Waals surface area (Å²) < 4.78 is 1.14. The molecule has 0 heterocycles. The number of halogens is 1. The van der Waals surface area contributed by atoms with E-state index in [1.807, 2.05) is 17.8 Å². The van der Waals surface area contributed by atoms with Crippen molar-refractivity contribution < 1.29 is 0 Å². The summed E-state index contributed by atoms with van der Waals surface area (Å²) in [6.07, 6.45) is 1.94. The van der Waals surface area contributed by atoms with Crippen molar-refractivity contribution in [2.75, 3.05) is 12.3 Å². The van der Waals surface area contributed by atoms with Crippen molar-refractivity contribution in [2.45, 2.75) is 25.3 Å². The van der Waals surface area contributed by atoms with Crippen LogP contribution < -0.4 is 5.32 Å². The lowest BCUT2D eigenvalue weighted by Crippen LogP contribution is -2.19. The van der Waals surface area contributed by atoms with E-state index in [2.05, 4.69) is 59.9 Å². The van der Waals surface area contributed by atoms with Crippen molar-refractivity contribution in [1.82, 2.24) is 5.32 Å². The Bertz CT molecular complexity index is 363. The molecular weight excluding hydrogens is 294 g/mol. The molecule has 1 aromatic carbocycles. The third-order valence-corrected chi connectivity index (χ3v) is 3.85. The first-order chi connectivity index (χ1) is 8.13. The molecule has 0 atom stereocenters. The molecule has 17 heavy (non-hydrogen) atoms. The van der Waals surface area contributed by atoms with Crippen molar-refractivity contribution in [2.24, 2.45) is 5.92 Å². The highest BCUT2D eigenvalue weighted by Gasteiger charge is 2.03. The smallest absolute Gasteiger partial charge is 0.0217 e. The predicted octanol–water partition coefficient (Wildman–Crippen LogP) is 4.47. The van der Waals surface area contributed by atoms with E-state index in [0.29, 0.717) is 5.92 Å². The second kappa shape index (κ2) is 7.96. The van der Waals surface area contributed by atoms with Crippen LogP contribution in [-0.2, 0) is 6.54 Å². The van der Waals surface area contributed by atoms with Crippen LogP contribution in [0.2, 0.25) is 0 Å². The standard InChI is InChI=1S/C14H20BrNS/c1-4-7-17-14-6-5-13(15)8-12(14)10-16-9-11(2)3/h4-6,8,11,16H,1,7,9-10H2,2-3H3. The van der Waals surface area contributed by atoms with Crippen LogP contribution in [0, 0.1) is 5.92 Å². The summed E-state index contributed by atoms with van der Waals surface area (Å²) in [7, 11) is 0. The summed E-state index contributed by atoms with van der Waals surface area (Å²) in [5.41, 5.74) is 1.35. The van der Waals surface area contributed by atoms with Gasteiger partial charge in [0.1, 0.15) is 0 Å². The first-order valence-corrected chi connectivity index (χ1v) is 7.64. The monoisotopic (exact) mass is 313 g/mol. The van der Waals surface area contributed by atoms with Gasteiger partial charge in [0.05, 0.1) is 0 Å². The van der Waals surface area contributed by atoms with E-state index in [4.69, 9.17) is 0 Å². The Morgan fingerprint density at radius 3 is 2.88 bits per heavy atom. The second-order valence-electron chi connectivity index (χ2n) is 4.38. The Balaban J connectivity index is 2.65. The summed E-state index contributed by atoms with van der Waals surface area (Å²) in [5.74, 6) is 1.64. The van der Waals surface area contributed by atoms with Gasteiger partial charge >= 0.3 is 0 Å². The molecule has 0 radical (unpaired) electrons. The molecule has 3 heteroatoms. The minimum absolute atomic E-state index is 0.687. The molecule has 1 N–H and O–H groups in total. The molecule has 0 spiro atoms. The highest BCUT2D eigenvalue weighted by atomic mass is 79.9. The lowest BCUT2D eigenvalue weighted by Gasteiger charge is -2.11. The van der Waals surface area contributed by atoms with Gasteiger partial charge in [-0.05, 0) is 36.2 Å². The number of rotatable bonds is 7. The zero-order valence-corrected chi connectivity index (χ0v) is 12.9. The van der Waals surface area contributed by atoms with Crippen molar-refractivity contribution in [3.8, 4) is 0 Å². The van der Waals surface area contributed by atoms with Crippen molar-refractivity contribution in [3.63, 3.8) is 0 Å². The number of hydrogen-bond donors (Lipinski definition) is 1. The topological polar surface area (TPSA) is 12.0 Å². The highest BCUT2D eigenvalue weighted by Crippen LogP contribution is 2.26. The lowest BCUT2D eigenvalue weighted by atomic mass is 10.2. The van der Waals surface area contributed by atoms with E-state index < -0.39 is 0 Å². The largest absolute Gasteiger partial charge is 0.312 e. The Morgan fingerprint density at radius 2 is 2.24 bits per heavy atom. The van der Waals surface area contributed by atoms with Crippen LogP contribution in [0.25, 0.3) is 0 Å². The van der Waals surface area contributed by atoms with Crippen molar-refractivity contribution in [3.05, 3.63) is 40.9 Å². The van der Waals surface area contributed by atoms with Crippen LogP contribution in [0.1, 0.15) is 19.4 Å².